The summed E-state index contributed by atoms with van der Waals surface area (Å²) in [5.74, 6) is 0.596. The predicted molar refractivity (Wildman–Crippen MR) is 439 cm³/mol. The molecule has 4 aromatic carbocycles. The molecule has 0 fully saturated rings. The van der Waals surface area contributed by atoms with Gasteiger partial charge in [0, 0.05) is 0 Å². The van der Waals surface area contributed by atoms with Gasteiger partial charge in [0.05, 0.1) is 50.5 Å². The first kappa shape index (κ1) is 102. The van der Waals surface area contributed by atoms with Crippen LogP contribution in [-0.4, -0.2) is 120 Å². The fourth-order valence-electron chi connectivity index (χ4n) is 14.1. The summed E-state index contributed by atoms with van der Waals surface area (Å²) in [7, 11) is -10.4. The van der Waals surface area contributed by atoms with E-state index in [0.717, 1.165) is 105 Å². The highest BCUT2D eigenvalue weighted by molar-refractivity contribution is 7.53. The van der Waals surface area contributed by atoms with Gasteiger partial charge in [-0.3, -0.25) is 0 Å². The number of rotatable bonds is 24. The number of hydrogen-bond donors (Lipinski definition) is 16. The summed E-state index contributed by atoms with van der Waals surface area (Å²) in [4.78, 5) is 62.5. The van der Waals surface area contributed by atoms with Gasteiger partial charge in [0.15, 0.2) is 0 Å². The molecule has 612 valence electrons. The van der Waals surface area contributed by atoms with Crippen molar-refractivity contribution in [3.63, 3.8) is 0 Å². The molecule has 4 rings (SSSR count). The van der Waals surface area contributed by atoms with E-state index in [1.807, 2.05) is 13.8 Å². The fraction of sp³-hybridized carbons (Fsp3) is 0.714. The molecule has 0 spiro atoms. The van der Waals surface area contributed by atoms with Gasteiger partial charge in [-0.05, 0) is 196 Å². The molecule has 0 heterocycles. The third-order valence-electron chi connectivity index (χ3n) is 20.9. The van der Waals surface area contributed by atoms with Gasteiger partial charge in [0.25, 0.3) is 0 Å². The second-order valence-corrected chi connectivity index (χ2v) is 43.8. The maximum Gasteiger partial charge on any atom is 0.334 e. The van der Waals surface area contributed by atoms with Crippen LogP contribution in [0.4, 0.5) is 0 Å². The van der Waals surface area contributed by atoms with Gasteiger partial charge in [0.1, 0.15) is 11.2 Å². The molecule has 0 saturated heterocycles. The van der Waals surface area contributed by atoms with E-state index in [1.54, 1.807) is 0 Å². The molecule has 18 nitrogen and oxygen atoms in total. The Kier molecular flexibility index (Phi) is 37.3. The van der Waals surface area contributed by atoms with Crippen molar-refractivity contribution in [2.45, 2.75) is 304 Å². The first-order valence-electron chi connectivity index (χ1n) is 37.2. The highest BCUT2D eigenvalue weighted by Crippen LogP contribution is 2.57. The van der Waals surface area contributed by atoms with Gasteiger partial charge in [-0.2, -0.15) is 0 Å². The zero-order chi connectivity index (χ0) is 83.5. The summed E-state index contributed by atoms with van der Waals surface area (Å²) >= 11 is 0. The predicted octanol–water partition coefficient (Wildman–Crippen LogP) is 17.1. The Balaban J connectivity index is 0.000000921. The van der Waals surface area contributed by atoms with Crippen molar-refractivity contribution in [3.05, 3.63) is 139 Å². The smallest absolute Gasteiger partial charge is 0.334 e. The van der Waals surface area contributed by atoms with Gasteiger partial charge in [-0.15, -0.1) is 0 Å². The van der Waals surface area contributed by atoms with Crippen molar-refractivity contribution in [3.8, 4) is 0 Å². The van der Waals surface area contributed by atoms with Crippen molar-refractivity contribution < 1.29 is 88.6 Å². The first-order chi connectivity index (χ1) is 47.5. The molecule has 22 heteroatoms. The summed E-state index contributed by atoms with van der Waals surface area (Å²) in [6.07, 6.45) is 5.65. The van der Waals surface area contributed by atoms with E-state index in [4.69, 9.17) is 39.1 Å². The number of aryl methyl sites for hydroxylation is 2. The molecule has 106 heavy (non-hydrogen) atoms. The van der Waals surface area contributed by atoms with Gasteiger partial charge in [-0.25, -0.2) is 8.62 Å². The van der Waals surface area contributed by atoms with Crippen LogP contribution in [0, 0.1) is 58.2 Å². The molecule has 2 atom stereocenters. The van der Waals surface area contributed by atoms with E-state index in [0.29, 0.717) is 23.0 Å². The van der Waals surface area contributed by atoms with Crippen LogP contribution in [0.25, 0.3) is 0 Å². The summed E-state index contributed by atoms with van der Waals surface area (Å²) in [5.41, 5.74) is 4.03. The van der Waals surface area contributed by atoms with Gasteiger partial charge in [0.2, 0.25) is 0 Å². The van der Waals surface area contributed by atoms with Crippen LogP contribution in [0.1, 0.15) is 311 Å². The first-order valence-corrected chi connectivity index (χ1v) is 41.9. The van der Waals surface area contributed by atoms with Crippen LogP contribution in [0.5, 0.6) is 0 Å². The topological polar surface area (TPSA) is 342 Å². The van der Waals surface area contributed by atoms with E-state index in [1.165, 1.54) is 0 Å². The lowest BCUT2D eigenvalue weighted by atomic mass is 9.57. The molecule has 2 unspecified atom stereocenters. The Morgan fingerprint density at radius 3 is 0.736 bits per heavy atom. The van der Waals surface area contributed by atoms with Crippen LogP contribution in [0.3, 0.4) is 0 Å². The van der Waals surface area contributed by atoms with Crippen molar-refractivity contribution in [2.24, 2.45) is 44.3 Å². The molecule has 0 amide bonds. The van der Waals surface area contributed by atoms with Gasteiger partial charge < -0.3 is 80.0 Å². The monoisotopic (exact) mass is 1570 g/mol. The molecule has 4 aromatic rings. The maximum atomic E-state index is 14.4. The lowest BCUT2D eigenvalue weighted by Gasteiger charge is -2.50. The average Bonchev–Trinajstić information content (AvgIpc) is 0.708. The minimum absolute atomic E-state index is 0.0120. The number of aliphatic hydroxyl groups is 8. The SMILES string of the molecule is CC(C)(C)CCC(Cc1cccc(C(C)(C)C)c1C(O)(c1c(CC(CCC(C)(C)C)C(C)(C)C)cccc1C(C)(C)C)C(CO)(CO)CO)C(C)(C)C.Cc1cc(C(C)(C)C)cc(C(C)(C)C)c1C(O)(c1c(C)cc(C(C)(C)C)cc1C(C)(C)C)C(CO)(CO)CO.OP(O)OP(O)O.OP(O)OP(O)O. The lowest BCUT2D eigenvalue weighted by molar-refractivity contribution is -0.138. The quantitative estimate of drug-likeness (QED) is 0.0290. The molecule has 0 radical (unpaired) electrons. The van der Waals surface area contributed by atoms with Crippen LogP contribution >= 0.6 is 34.4 Å². The summed E-state index contributed by atoms with van der Waals surface area (Å²) in [6, 6.07) is 21.3. The average molecular weight is 1570 g/mol. The molecule has 0 aliphatic rings. The minimum Gasteiger partial charge on any atom is -0.395 e. The molecular formula is C84H148O18P4. The second-order valence-electron chi connectivity index (χ2n) is 40.4. The van der Waals surface area contributed by atoms with Crippen LogP contribution in [-0.2, 0) is 65.2 Å². The Morgan fingerprint density at radius 2 is 0.557 bits per heavy atom. The largest absolute Gasteiger partial charge is 0.395 e. The Hall–Kier alpha value is -2.12. The van der Waals surface area contributed by atoms with Crippen molar-refractivity contribution >= 4 is 34.4 Å². The zero-order valence-electron chi connectivity index (χ0n) is 71.2. The lowest BCUT2D eigenvalue weighted by Crippen LogP contribution is -2.56. The normalized spacial score (nSPS) is 14.9. The van der Waals surface area contributed by atoms with Crippen LogP contribution in [0.15, 0.2) is 60.7 Å². The zero-order valence-corrected chi connectivity index (χ0v) is 74.8. The van der Waals surface area contributed by atoms with E-state index < -0.39 is 107 Å². The Morgan fingerprint density at radius 1 is 0.321 bits per heavy atom. The van der Waals surface area contributed by atoms with Crippen LogP contribution < -0.4 is 0 Å². The molecule has 0 aromatic heterocycles. The number of hydrogen-bond acceptors (Lipinski definition) is 18. The maximum absolute atomic E-state index is 14.4. The molecule has 0 aliphatic carbocycles. The molecular weight excluding hydrogens is 1420 g/mol. The fourth-order valence-corrected chi connectivity index (χ4v) is 15.1. The Bertz CT molecular complexity index is 3120. The van der Waals surface area contributed by atoms with Crippen molar-refractivity contribution in [1.29, 1.82) is 0 Å². The molecule has 0 saturated carbocycles. The minimum atomic E-state index is -2.61. The van der Waals surface area contributed by atoms with Crippen molar-refractivity contribution in [1.82, 2.24) is 0 Å². The summed E-state index contributed by atoms with van der Waals surface area (Å²) < 4.78 is 7.20. The van der Waals surface area contributed by atoms with E-state index in [-0.39, 0.29) is 43.3 Å². The standard InChI is InChI=1S/C49H84O4.C35H56O4.2H4O5P2/c1-42(2,3)27-25-36(44(7,8)9)29-34-21-19-23-38(46(13,14)15)40(34)49(53,48(31-50,32-51)33-52)41-35(22-20-24-39(41)47(16,17)18)30-37(45(10,11)12)26-28-43(4,5)6;1-22-15-24(30(3,4)5)17-26(32(9,10)11)28(22)35(39,34(19-36,20-37)21-38)29-23(2)16-25(31(6,7)8)18-27(29)33(12,13)14;2*1-6(2)5-7(3)4/h19-24,36-37,50-53H,25-33H2,1-18H3;15-18,36-39H,19-21H2,1-14H3;2*1-4H. The summed E-state index contributed by atoms with van der Waals surface area (Å²) in [5, 5.41) is 95.0. The van der Waals surface area contributed by atoms with E-state index in [2.05, 4.69) is 277 Å². The van der Waals surface area contributed by atoms with Gasteiger partial charge >= 0.3 is 34.4 Å². The third kappa shape index (κ3) is 27.6. The number of aliphatic hydroxyl groups excluding tert-OH is 6. The Labute approximate surface area is 645 Å². The second kappa shape index (κ2) is 38.8. The third-order valence-corrected chi connectivity index (χ3v) is 23.2. The van der Waals surface area contributed by atoms with Gasteiger partial charge in [-0.1, -0.05) is 268 Å². The van der Waals surface area contributed by atoms with Crippen LogP contribution in [0.2, 0.25) is 0 Å². The highest BCUT2D eigenvalue weighted by atomic mass is 31.2. The van der Waals surface area contributed by atoms with E-state index in [9.17, 15) is 40.9 Å². The molecule has 0 bridgehead atoms. The highest BCUT2D eigenvalue weighted by Gasteiger charge is 2.59. The van der Waals surface area contributed by atoms with Crippen molar-refractivity contribution in [2.75, 3.05) is 39.6 Å². The molecule has 0 aliphatic heterocycles. The molecule has 16 N–H and O–H groups in total. The number of benzene rings is 4. The summed E-state index contributed by atoms with van der Waals surface area (Å²) in [6.45, 7) is 66.9. The van der Waals surface area contributed by atoms with E-state index >= 15 is 0 Å².